The molecule has 0 radical (unpaired) electrons. The summed E-state index contributed by atoms with van der Waals surface area (Å²) in [4.78, 5) is 5.94. The summed E-state index contributed by atoms with van der Waals surface area (Å²) in [5, 5.41) is -0.518. The Bertz CT molecular complexity index is 542. The van der Waals surface area contributed by atoms with Crippen LogP contribution in [0.3, 0.4) is 0 Å². The van der Waals surface area contributed by atoms with Crippen LogP contribution in [0, 0.1) is 5.82 Å². The zero-order valence-corrected chi connectivity index (χ0v) is 12.4. The summed E-state index contributed by atoms with van der Waals surface area (Å²) in [5.74, 6) is -0.816. The molecule has 0 atom stereocenters. The number of sulfonamides is 1. The molecule has 0 aliphatic carbocycles. The van der Waals surface area contributed by atoms with Crippen LogP contribution in [0.1, 0.15) is 26.2 Å². The summed E-state index contributed by atoms with van der Waals surface area (Å²) in [6, 6.07) is 2.33. The number of rotatable bonds is 5. The molecule has 1 aromatic heterocycles. The minimum atomic E-state index is -3.87. The number of nitrogens with one attached hydrogen (secondary N) is 1. The third kappa shape index (κ3) is 3.74. The highest BCUT2D eigenvalue weighted by atomic mass is 32.2. The standard InChI is InChI=1S/C13H20FN3O2S/c1-2-8-17-9-5-11(6-10-17)16-20(18,19)13-12(14)4-3-7-15-13/h3-4,7,11,16H,2,5-6,8-10H2,1H3. The van der Waals surface area contributed by atoms with Crippen LogP contribution in [0.5, 0.6) is 0 Å². The lowest BCUT2D eigenvalue weighted by atomic mass is 10.1. The zero-order chi connectivity index (χ0) is 14.6. The average Bonchev–Trinajstić information content (AvgIpc) is 2.41. The largest absolute Gasteiger partial charge is 0.303 e. The van der Waals surface area contributed by atoms with Gasteiger partial charge in [0.05, 0.1) is 0 Å². The fraction of sp³-hybridized carbons (Fsp3) is 0.615. The van der Waals surface area contributed by atoms with Crippen LogP contribution in [0.25, 0.3) is 0 Å². The fourth-order valence-electron chi connectivity index (χ4n) is 2.43. The molecule has 0 saturated carbocycles. The van der Waals surface area contributed by atoms with Crippen LogP contribution < -0.4 is 4.72 Å². The lowest BCUT2D eigenvalue weighted by molar-refractivity contribution is 0.207. The molecule has 1 saturated heterocycles. The second-order valence-electron chi connectivity index (χ2n) is 5.03. The SMILES string of the molecule is CCCN1CCC(NS(=O)(=O)c2ncccc2F)CC1. The molecule has 112 valence electrons. The first-order valence-electron chi connectivity index (χ1n) is 6.88. The van der Waals surface area contributed by atoms with Gasteiger partial charge in [0.2, 0.25) is 5.03 Å². The molecular weight excluding hydrogens is 281 g/mol. The van der Waals surface area contributed by atoms with E-state index < -0.39 is 20.9 Å². The molecule has 7 heteroatoms. The number of halogens is 1. The Balaban J connectivity index is 1.99. The van der Waals surface area contributed by atoms with Gasteiger partial charge in [-0.1, -0.05) is 6.92 Å². The summed E-state index contributed by atoms with van der Waals surface area (Å²) in [5.41, 5.74) is 0. The monoisotopic (exact) mass is 301 g/mol. The quantitative estimate of drug-likeness (QED) is 0.892. The van der Waals surface area contributed by atoms with Crippen molar-refractivity contribution in [2.75, 3.05) is 19.6 Å². The topological polar surface area (TPSA) is 62.3 Å². The number of hydrogen-bond donors (Lipinski definition) is 1. The molecule has 0 aromatic carbocycles. The van der Waals surface area contributed by atoms with Crippen LogP contribution in [-0.4, -0.2) is 44.0 Å². The van der Waals surface area contributed by atoms with Crippen LogP contribution >= 0.6 is 0 Å². The molecule has 0 bridgehead atoms. The van der Waals surface area contributed by atoms with Crippen molar-refractivity contribution in [2.24, 2.45) is 0 Å². The second kappa shape index (κ2) is 6.60. The first-order valence-corrected chi connectivity index (χ1v) is 8.36. The van der Waals surface area contributed by atoms with Crippen molar-refractivity contribution in [3.8, 4) is 0 Å². The molecule has 2 heterocycles. The smallest absolute Gasteiger partial charge is 0.261 e. The van der Waals surface area contributed by atoms with Crippen molar-refractivity contribution >= 4 is 10.0 Å². The molecule has 1 aromatic rings. The van der Waals surface area contributed by atoms with E-state index in [1.165, 1.54) is 12.3 Å². The van der Waals surface area contributed by atoms with Gasteiger partial charge in [-0.3, -0.25) is 0 Å². The molecule has 20 heavy (non-hydrogen) atoms. The minimum Gasteiger partial charge on any atom is -0.303 e. The number of likely N-dealkylation sites (tertiary alicyclic amines) is 1. The molecule has 2 rings (SSSR count). The highest BCUT2D eigenvalue weighted by Gasteiger charge is 2.27. The molecule has 0 unspecified atom stereocenters. The highest BCUT2D eigenvalue weighted by Crippen LogP contribution is 2.15. The Labute approximate surface area is 119 Å². The maximum Gasteiger partial charge on any atom is 0.261 e. The van der Waals surface area contributed by atoms with E-state index in [1.807, 2.05) is 0 Å². The van der Waals surface area contributed by atoms with Gasteiger partial charge >= 0.3 is 0 Å². The van der Waals surface area contributed by atoms with Crippen LogP contribution in [0.15, 0.2) is 23.4 Å². The van der Waals surface area contributed by atoms with Crippen molar-refractivity contribution in [1.29, 1.82) is 0 Å². The Hall–Kier alpha value is -1.05. The normalized spacial score (nSPS) is 18.3. The van der Waals surface area contributed by atoms with Crippen LogP contribution in [0.4, 0.5) is 4.39 Å². The number of hydrogen-bond acceptors (Lipinski definition) is 4. The van der Waals surface area contributed by atoms with Crippen molar-refractivity contribution in [3.05, 3.63) is 24.1 Å². The third-order valence-electron chi connectivity index (χ3n) is 3.43. The molecule has 1 aliphatic rings. The molecular formula is C13H20FN3O2S. The van der Waals surface area contributed by atoms with Crippen molar-refractivity contribution in [2.45, 2.75) is 37.3 Å². The molecule has 1 fully saturated rings. The van der Waals surface area contributed by atoms with Gasteiger partial charge in [0.1, 0.15) is 0 Å². The first kappa shape index (κ1) is 15.3. The minimum absolute atomic E-state index is 0.144. The van der Waals surface area contributed by atoms with E-state index in [0.717, 1.165) is 45.0 Å². The summed E-state index contributed by atoms with van der Waals surface area (Å²) < 4.78 is 40.3. The van der Waals surface area contributed by atoms with Gasteiger partial charge in [-0.05, 0) is 51.0 Å². The molecule has 1 aliphatic heterocycles. The Kier molecular flexibility index (Phi) is 5.06. The number of piperidine rings is 1. The predicted octanol–water partition coefficient (Wildman–Crippen LogP) is 1.37. The van der Waals surface area contributed by atoms with Crippen molar-refractivity contribution in [1.82, 2.24) is 14.6 Å². The zero-order valence-electron chi connectivity index (χ0n) is 11.5. The summed E-state index contributed by atoms with van der Waals surface area (Å²) in [6.45, 7) is 4.89. The number of nitrogens with zero attached hydrogens (tertiary/aromatic N) is 2. The predicted molar refractivity (Wildman–Crippen MR) is 74.3 cm³/mol. The van der Waals surface area contributed by atoms with Gasteiger partial charge < -0.3 is 4.90 Å². The fourth-order valence-corrected chi connectivity index (χ4v) is 3.75. The number of aromatic nitrogens is 1. The van der Waals surface area contributed by atoms with E-state index in [-0.39, 0.29) is 6.04 Å². The summed E-state index contributed by atoms with van der Waals surface area (Å²) in [7, 11) is -3.87. The van der Waals surface area contributed by atoms with Gasteiger partial charge in [-0.15, -0.1) is 0 Å². The Morgan fingerprint density at radius 1 is 1.45 bits per heavy atom. The van der Waals surface area contributed by atoms with E-state index >= 15 is 0 Å². The average molecular weight is 301 g/mol. The lowest BCUT2D eigenvalue weighted by Crippen LogP contribution is -2.45. The maximum atomic E-state index is 13.5. The van der Waals surface area contributed by atoms with E-state index in [2.05, 4.69) is 21.5 Å². The number of pyridine rings is 1. The van der Waals surface area contributed by atoms with E-state index in [4.69, 9.17) is 0 Å². The van der Waals surface area contributed by atoms with Crippen LogP contribution in [-0.2, 0) is 10.0 Å². The van der Waals surface area contributed by atoms with Gasteiger partial charge in [-0.2, -0.15) is 0 Å². The highest BCUT2D eigenvalue weighted by molar-refractivity contribution is 7.89. The first-order chi connectivity index (χ1) is 9.53. The van der Waals surface area contributed by atoms with E-state index in [1.54, 1.807) is 0 Å². The second-order valence-corrected chi connectivity index (χ2v) is 6.66. The molecule has 0 amide bonds. The summed E-state index contributed by atoms with van der Waals surface area (Å²) >= 11 is 0. The van der Waals surface area contributed by atoms with Crippen molar-refractivity contribution < 1.29 is 12.8 Å². The third-order valence-corrected chi connectivity index (χ3v) is 4.88. The maximum absolute atomic E-state index is 13.5. The van der Waals surface area contributed by atoms with Crippen LogP contribution in [0.2, 0.25) is 0 Å². The lowest BCUT2D eigenvalue weighted by Gasteiger charge is -2.31. The van der Waals surface area contributed by atoms with Gasteiger partial charge in [0.25, 0.3) is 10.0 Å². The van der Waals surface area contributed by atoms with E-state index in [9.17, 15) is 12.8 Å². The Morgan fingerprint density at radius 2 is 2.15 bits per heavy atom. The van der Waals surface area contributed by atoms with E-state index in [0.29, 0.717) is 0 Å². The Morgan fingerprint density at radius 3 is 2.75 bits per heavy atom. The molecule has 5 nitrogen and oxygen atoms in total. The molecule has 0 spiro atoms. The van der Waals surface area contributed by atoms with Gasteiger partial charge in [0, 0.05) is 12.2 Å². The molecule has 1 N–H and O–H groups in total. The van der Waals surface area contributed by atoms with Crippen molar-refractivity contribution in [3.63, 3.8) is 0 Å². The van der Waals surface area contributed by atoms with Gasteiger partial charge in [-0.25, -0.2) is 22.5 Å². The summed E-state index contributed by atoms with van der Waals surface area (Å²) in [6.07, 6.45) is 3.86. The van der Waals surface area contributed by atoms with Gasteiger partial charge in [0.15, 0.2) is 5.82 Å².